The summed E-state index contributed by atoms with van der Waals surface area (Å²) in [7, 11) is 0. The molecular weight excluding hydrogens is 264 g/mol. The minimum Gasteiger partial charge on any atom is -0.494 e. The Balaban J connectivity index is 2.18. The normalized spacial score (nSPS) is 10.2. The maximum Gasteiger partial charge on any atom is 0.138 e. The molecule has 0 bridgehead atoms. The third kappa shape index (κ3) is 3.99. The molecule has 110 valence electrons. The fourth-order valence-electron chi connectivity index (χ4n) is 1.89. The molecule has 21 heavy (non-hydrogen) atoms. The number of rotatable bonds is 6. The van der Waals surface area contributed by atoms with Crippen LogP contribution >= 0.6 is 0 Å². The van der Waals surface area contributed by atoms with Crippen molar-refractivity contribution in [2.24, 2.45) is 5.73 Å². The summed E-state index contributed by atoms with van der Waals surface area (Å²) >= 11 is 0. The first-order valence-corrected chi connectivity index (χ1v) is 6.96. The second kappa shape index (κ2) is 6.79. The molecule has 2 rings (SSSR count). The van der Waals surface area contributed by atoms with Gasteiger partial charge < -0.3 is 15.2 Å². The summed E-state index contributed by atoms with van der Waals surface area (Å²) in [6, 6.07) is 13.0. The van der Waals surface area contributed by atoms with Crippen LogP contribution in [0.1, 0.15) is 24.5 Å². The molecule has 0 unspecified atom stereocenters. The van der Waals surface area contributed by atoms with Crippen LogP contribution in [-0.2, 0) is 0 Å². The summed E-state index contributed by atoms with van der Waals surface area (Å²) in [5.74, 6) is 2.09. The highest BCUT2D eigenvalue weighted by Gasteiger charge is 2.08. The molecule has 3 N–H and O–H groups in total. The minimum absolute atomic E-state index is 0.00657. The summed E-state index contributed by atoms with van der Waals surface area (Å²) in [6.07, 6.45) is 0.976. The van der Waals surface area contributed by atoms with Crippen molar-refractivity contribution in [3.05, 3.63) is 53.6 Å². The fourth-order valence-corrected chi connectivity index (χ4v) is 1.89. The van der Waals surface area contributed by atoms with E-state index < -0.39 is 0 Å². The molecule has 0 saturated carbocycles. The molecule has 0 aliphatic carbocycles. The number of nitrogens with one attached hydrogen (secondary N) is 1. The van der Waals surface area contributed by atoms with Crippen LogP contribution in [0.25, 0.3) is 0 Å². The lowest BCUT2D eigenvalue weighted by atomic mass is 10.1. The molecule has 4 heteroatoms. The van der Waals surface area contributed by atoms with Gasteiger partial charge in [0.1, 0.15) is 23.1 Å². The average molecular weight is 284 g/mol. The largest absolute Gasteiger partial charge is 0.494 e. The van der Waals surface area contributed by atoms with Crippen molar-refractivity contribution in [3.8, 4) is 17.2 Å². The summed E-state index contributed by atoms with van der Waals surface area (Å²) in [6.45, 7) is 4.74. The topological polar surface area (TPSA) is 68.3 Å². The predicted molar refractivity (Wildman–Crippen MR) is 84.5 cm³/mol. The lowest BCUT2D eigenvalue weighted by Crippen LogP contribution is -2.12. The van der Waals surface area contributed by atoms with Gasteiger partial charge in [-0.05, 0) is 55.3 Å². The van der Waals surface area contributed by atoms with Gasteiger partial charge in [-0.15, -0.1) is 0 Å². The lowest BCUT2D eigenvalue weighted by Gasteiger charge is -2.12. The number of benzene rings is 2. The van der Waals surface area contributed by atoms with E-state index in [-0.39, 0.29) is 5.84 Å². The molecule has 0 aliphatic rings. The highest BCUT2D eigenvalue weighted by molar-refractivity contribution is 5.97. The predicted octanol–water partition coefficient (Wildman–Crippen LogP) is 3.86. The monoisotopic (exact) mass is 284 g/mol. The third-order valence-electron chi connectivity index (χ3n) is 2.95. The number of hydrogen-bond acceptors (Lipinski definition) is 3. The Morgan fingerprint density at radius 1 is 1.10 bits per heavy atom. The zero-order valence-electron chi connectivity index (χ0n) is 12.3. The Kier molecular flexibility index (Phi) is 4.82. The van der Waals surface area contributed by atoms with Crippen molar-refractivity contribution in [1.29, 1.82) is 5.41 Å². The highest BCUT2D eigenvalue weighted by atomic mass is 16.5. The van der Waals surface area contributed by atoms with Gasteiger partial charge in [-0.25, -0.2) is 0 Å². The maximum absolute atomic E-state index is 7.60. The number of hydrogen-bond donors (Lipinski definition) is 2. The van der Waals surface area contributed by atoms with Crippen molar-refractivity contribution in [1.82, 2.24) is 0 Å². The fraction of sp³-hybridized carbons (Fsp3) is 0.235. The van der Waals surface area contributed by atoms with Gasteiger partial charge in [0, 0.05) is 0 Å². The molecule has 0 heterocycles. The smallest absolute Gasteiger partial charge is 0.138 e. The first-order valence-electron chi connectivity index (χ1n) is 6.96. The van der Waals surface area contributed by atoms with E-state index in [4.69, 9.17) is 20.6 Å². The molecule has 0 radical (unpaired) electrons. The van der Waals surface area contributed by atoms with Gasteiger partial charge >= 0.3 is 0 Å². The van der Waals surface area contributed by atoms with Crippen molar-refractivity contribution in [2.75, 3.05) is 6.61 Å². The van der Waals surface area contributed by atoms with Crippen LogP contribution in [0.3, 0.4) is 0 Å². The SMILES string of the molecule is CCCOc1ccc(Oc2cc(C)ccc2C(=N)N)cc1. The molecule has 2 aromatic rings. The van der Waals surface area contributed by atoms with Gasteiger partial charge in [-0.1, -0.05) is 13.0 Å². The van der Waals surface area contributed by atoms with Crippen LogP contribution in [-0.4, -0.2) is 12.4 Å². The van der Waals surface area contributed by atoms with E-state index in [0.717, 1.165) is 17.7 Å². The van der Waals surface area contributed by atoms with Crippen LogP contribution in [0.4, 0.5) is 0 Å². The van der Waals surface area contributed by atoms with Gasteiger partial charge in [0.15, 0.2) is 0 Å². The van der Waals surface area contributed by atoms with E-state index in [9.17, 15) is 0 Å². The van der Waals surface area contributed by atoms with Crippen LogP contribution in [0.15, 0.2) is 42.5 Å². The minimum atomic E-state index is -0.00657. The molecule has 0 saturated heterocycles. The van der Waals surface area contributed by atoms with E-state index in [1.807, 2.05) is 43.3 Å². The van der Waals surface area contributed by atoms with Gasteiger partial charge in [0.2, 0.25) is 0 Å². The maximum atomic E-state index is 7.60. The van der Waals surface area contributed by atoms with E-state index in [1.54, 1.807) is 6.07 Å². The van der Waals surface area contributed by atoms with E-state index in [2.05, 4.69) is 6.92 Å². The molecular formula is C17H20N2O2. The van der Waals surface area contributed by atoms with Crippen molar-refractivity contribution < 1.29 is 9.47 Å². The van der Waals surface area contributed by atoms with Gasteiger partial charge in [0.05, 0.1) is 12.2 Å². The van der Waals surface area contributed by atoms with Crippen molar-refractivity contribution in [3.63, 3.8) is 0 Å². The Morgan fingerprint density at radius 2 is 1.76 bits per heavy atom. The van der Waals surface area contributed by atoms with E-state index >= 15 is 0 Å². The number of aryl methyl sites for hydroxylation is 1. The first-order chi connectivity index (χ1) is 10.1. The third-order valence-corrected chi connectivity index (χ3v) is 2.95. The molecule has 2 aromatic carbocycles. The zero-order chi connectivity index (χ0) is 15.2. The second-order valence-electron chi connectivity index (χ2n) is 4.84. The molecule has 4 nitrogen and oxygen atoms in total. The Bertz CT molecular complexity index is 621. The first kappa shape index (κ1) is 14.9. The van der Waals surface area contributed by atoms with E-state index in [0.29, 0.717) is 23.7 Å². The van der Waals surface area contributed by atoms with Crippen LogP contribution in [0.5, 0.6) is 17.2 Å². The van der Waals surface area contributed by atoms with Crippen LogP contribution in [0, 0.1) is 12.3 Å². The molecule has 0 fully saturated rings. The number of nitrogen functional groups attached to an aromatic ring is 1. The lowest BCUT2D eigenvalue weighted by molar-refractivity contribution is 0.317. The summed E-state index contributed by atoms with van der Waals surface area (Å²) in [4.78, 5) is 0. The quantitative estimate of drug-likeness (QED) is 0.625. The Hall–Kier alpha value is -2.49. The summed E-state index contributed by atoms with van der Waals surface area (Å²) < 4.78 is 11.4. The van der Waals surface area contributed by atoms with Gasteiger partial charge in [-0.3, -0.25) is 5.41 Å². The molecule has 0 spiro atoms. The molecule has 0 aromatic heterocycles. The standard InChI is InChI=1S/C17H20N2O2/c1-3-10-20-13-5-7-14(8-6-13)21-16-11-12(2)4-9-15(16)17(18)19/h4-9,11H,3,10H2,1-2H3,(H3,18,19). The van der Waals surface area contributed by atoms with E-state index in [1.165, 1.54) is 0 Å². The van der Waals surface area contributed by atoms with Crippen molar-refractivity contribution in [2.45, 2.75) is 20.3 Å². The van der Waals surface area contributed by atoms with Crippen LogP contribution in [0.2, 0.25) is 0 Å². The average Bonchev–Trinajstić information content (AvgIpc) is 2.46. The van der Waals surface area contributed by atoms with Gasteiger partial charge in [0.25, 0.3) is 0 Å². The number of ether oxygens (including phenoxy) is 2. The van der Waals surface area contributed by atoms with Crippen LogP contribution < -0.4 is 15.2 Å². The van der Waals surface area contributed by atoms with Gasteiger partial charge in [-0.2, -0.15) is 0 Å². The number of nitrogens with two attached hydrogens (primary N) is 1. The van der Waals surface area contributed by atoms with Crippen molar-refractivity contribution >= 4 is 5.84 Å². The zero-order valence-corrected chi connectivity index (χ0v) is 12.3. The molecule has 0 aliphatic heterocycles. The second-order valence-corrected chi connectivity index (χ2v) is 4.84. The molecule has 0 amide bonds. The highest BCUT2D eigenvalue weighted by Crippen LogP contribution is 2.27. The Morgan fingerprint density at radius 3 is 2.38 bits per heavy atom. The summed E-state index contributed by atoms with van der Waals surface area (Å²) in [5, 5.41) is 7.60. The Labute approximate surface area is 125 Å². The molecule has 0 atom stereocenters. The summed E-state index contributed by atoms with van der Waals surface area (Å²) in [5.41, 5.74) is 7.22. The number of amidine groups is 1.